The Hall–Kier alpha value is -2.41. The minimum atomic E-state index is -2.43. The number of benzene rings is 3. The summed E-state index contributed by atoms with van der Waals surface area (Å²) in [5.41, 5.74) is 13.5. The molecule has 2 heteroatoms. The molecule has 4 aromatic rings. The predicted octanol–water partition coefficient (Wildman–Crippen LogP) is 9.57. The predicted molar refractivity (Wildman–Crippen MR) is 173 cm³/mol. The van der Waals surface area contributed by atoms with Crippen molar-refractivity contribution in [2.45, 2.75) is 71.6 Å². The molecule has 40 heavy (non-hydrogen) atoms. The van der Waals surface area contributed by atoms with E-state index in [1.807, 2.05) is 11.3 Å². The number of hydrogen-bond acceptors (Lipinski definition) is 1. The number of thiophene rings is 1. The molecule has 0 unspecified atom stereocenters. The van der Waals surface area contributed by atoms with Gasteiger partial charge < -0.3 is 0 Å². The summed E-state index contributed by atoms with van der Waals surface area (Å²) < 4.78 is 6.22. The van der Waals surface area contributed by atoms with Crippen LogP contribution >= 0.6 is 11.3 Å². The fourth-order valence-electron chi connectivity index (χ4n) is 6.09. The molecule has 202 valence electrons. The van der Waals surface area contributed by atoms with E-state index in [-0.39, 0.29) is 10.8 Å². The van der Waals surface area contributed by atoms with Gasteiger partial charge in [0.2, 0.25) is 0 Å². The van der Waals surface area contributed by atoms with Crippen LogP contribution in [0.25, 0.3) is 16.7 Å². The molecule has 0 amide bonds. The summed E-state index contributed by atoms with van der Waals surface area (Å²) in [7, 11) is 0. The third-order valence-corrected chi connectivity index (χ3v) is 16.0. The van der Waals surface area contributed by atoms with Crippen LogP contribution in [-0.2, 0) is 44.9 Å². The third kappa shape index (κ3) is 5.43. The van der Waals surface area contributed by atoms with Crippen molar-refractivity contribution in [3.8, 4) is 11.1 Å². The van der Waals surface area contributed by atoms with Crippen LogP contribution < -0.4 is 3.27 Å². The fourth-order valence-corrected chi connectivity index (χ4v) is 14.0. The van der Waals surface area contributed by atoms with Gasteiger partial charge in [-0.3, -0.25) is 0 Å². The van der Waals surface area contributed by atoms with Crippen molar-refractivity contribution in [3.63, 3.8) is 0 Å². The topological polar surface area (TPSA) is 0 Å². The van der Waals surface area contributed by atoms with Gasteiger partial charge in [-0.2, -0.15) is 0 Å². The van der Waals surface area contributed by atoms with Gasteiger partial charge in [-0.25, -0.2) is 0 Å². The molecule has 6 rings (SSSR count). The second-order valence-electron chi connectivity index (χ2n) is 13.4. The molecular weight excluding hydrogens is 580 g/mol. The molecule has 3 aromatic carbocycles. The molecule has 0 radical (unpaired) electrons. The van der Waals surface area contributed by atoms with Gasteiger partial charge in [0.15, 0.2) is 0 Å². The number of fused-ring (bicyclic) bond motifs is 3. The van der Waals surface area contributed by atoms with Gasteiger partial charge >= 0.3 is 254 Å². The number of rotatable bonds is 5. The second-order valence-corrected chi connectivity index (χ2v) is 20.0. The third-order valence-electron chi connectivity index (χ3n) is 8.51. The first-order chi connectivity index (χ1) is 19.1. The molecule has 2 aliphatic rings. The zero-order chi connectivity index (χ0) is 28.1. The van der Waals surface area contributed by atoms with Gasteiger partial charge in [-0.1, -0.05) is 0 Å². The van der Waals surface area contributed by atoms with E-state index < -0.39 is 21.3 Å². The number of hydrogen-bond donors (Lipinski definition) is 0. The van der Waals surface area contributed by atoms with Crippen LogP contribution in [0.1, 0.15) is 81.3 Å². The molecule has 1 aromatic heterocycles. The van der Waals surface area contributed by atoms with Crippen molar-refractivity contribution < 1.29 is 21.3 Å². The quantitative estimate of drug-likeness (QED) is 0.184. The summed E-state index contributed by atoms with van der Waals surface area (Å²) in [6, 6.07) is 25.9. The van der Waals surface area contributed by atoms with Crippen molar-refractivity contribution in [2.24, 2.45) is 0 Å². The molecule has 0 aliphatic heterocycles. The molecule has 0 nitrogen and oxygen atoms in total. The van der Waals surface area contributed by atoms with Crippen LogP contribution in [0.2, 0.25) is 0 Å². The van der Waals surface area contributed by atoms with E-state index in [0.29, 0.717) is 0 Å². The van der Waals surface area contributed by atoms with Crippen molar-refractivity contribution in [2.75, 3.05) is 0 Å². The zero-order valence-electron chi connectivity index (χ0n) is 24.8. The summed E-state index contributed by atoms with van der Waals surface area (Å²) in [5.74, 6) is 0. The van der Waals surface area contributed by atoms with Crippen LogP contribution in [0.5, 0.6) is 0 Å². The van der Waals surface area contributed by atoms with Gasteiger partial charge in [0, 0.05) is 0 Å². The van der Waals surface area contributed by atoms with Crippen molar-refractivity contribution in [1.82, 2.24) is 0 Å². The van der Waals surface area contributed by atoms with Gasteiger partial charge in [0.05, 0.1) is 0 Å². The molecule has 0 spiro atoms. The van der Waals surface area contributed by atoms with Crippen LogP contribution in [0.4, 0.5) is 0 Å². The summed E-state index contributed by atoms with van der Waals surface area (Å²) in [4.78, 5) is 0. The first kappa shape index (κ1) is 27.7. The van der Waals surface area contributed by atoms with E-state index in [9.17, 15) is 0 Å². The standard InChI is InChI=1S/C21H25.C9H7S.C8H8.Zr/c1-20(2,3)16-9-7-14-11-15-8-10-17(21(4,5)6)13-19(15)18(14)12-16;1-2-4-8(3-1)9-5-6-10-7-9;1-2-8-6-4-3-5-7-8;/h7,9-10,12-13H,11H2,1-6H3;1,3,5-7H,2H2;1,3-7H,2H2;. The average Bonchev–Trinajstić information content (AvgIpc) is 3.67. The summed E-state index contributed by atoms with van der Waals surface area (Å²) >= 11 is -0.624. The Labute approximate surface area is 252 Å². The normalized spacial score (nSPS) is 15.1. The van der Waals surface area contributed by atoms with Crippen molar-refractivity contribution in [3.05, 3.63) is 126 Å². The Balaban J connectivity index is 1.59. The fraction of sp³-hybridized carbons (Fsp3) is 0.289. The van der Waals surface area contributed by atoms with Crippen molar-refractivity contribution in [1.29, 1.82) is 0 Å². The summed E-state index contributed by atoms with van der Waals surface area (Å²) in [6.07, 6.45) is 8.03. The second kappa shape index (κ2) is 10.8. The molecule has 0 saturated carbocycles. The van der Waals surface area contributed by atoms with Crippen LogP contribution in [0.3, 0.4) is 0 Å². The zero-order valence-corrected chi connectivity index (χ0v) is 28.0. The Morgan fingerprint density at radius 3 is 2.27 bits per heavy atom. The molecule has 0 fully saturated rings. The Morgan fingerprint density at radius 2 is 1.57 bits per heavy atom. The van der Waals surface area contributed by atoms with Gasteiger partial charge in [-0.05, 0) is 0 Å². The van der Waals surface area contributed by atoms with Crippen molar-refractivity contribution >= 4 is 23.9 Å². The summed E-state index contributed by atoms with van der Waals surface area (Å²) in [5, 5.41) is 4.56. The molecule has 1 heterocycles. The molecule has 0 N–H and O–H groups in total. The van der Waals surface area contributed by atoms with E-state index in [1.165, 1.54) is 44.5 Å². The average molecular weight is 620 g/mol. The minimum absolute atomic E-state index is 0.0976. The molecular formula is C38H40SZr. The molecule has 0 bridgehead atoms. The van der Waals surface area contributed by atoms with Crippen LogP contribution in [-0.4, -0.2) is 3.71 Å². The number of allylic oxidation sites excluding steroid dienone is 4. The summed E-state index contributed by atoms with van der Waals surface area (Å²) in [6.45, 7) is 14.1. The van der Waals surface area contributed by atoms with Gasteiger partial charge in [0.1, 0.15) is 0 Å². The van der Waals surface area contributed by atoms with E-state index in [1.54, 1.807) is 12.1 Å². The van der Waals surface area contributed by atoms with E-state index in [2.05, 4.69) is 135 Å². The SMILES string of the molecule is CC(C)(C)c1ccc2c(c1)-c1cc(C(C)(C)C)c[c]([Zr](=[CH]Cc3ccccc3)[C]3=C(c4ccsc4)C=CC3)c1C2. The van der Waals surface area contributed by atoms with E-state index in [0.717, 1.165) is 19.3 Å². The Morgan fingerprint density at radius 1 is 0.825 bits per heavy atom. The Bertz CT molecular complexity index is 1650. The van der Waals surface area contributed by atoms with E-state index in [4.69, 9.17) is 0 Å². The van der Waals surface area contributed by atoms with Crippen LogP contribution in [0, 0.1) is 0 Å². The maximum atomic E-state index is 2.79. The first-order valence-corrected chi connectivity index (χ1v) is 19.4. The molecule has 0 saturated heterocycles. The van der Waals surface area contributed by atoms with Gasteiger partial charge in [-0.15, -0.1) is 0 Å². The van der Waals surface area contributed by atoms with Crippen LogP contribution in [0.15, 0.2) is 92.9 Å². The first-order valence-electron chi connectivity index (χ1n) is 14.6. The Kier molecular flexibility index (Phi) is 7.47. The maximum absolute atomic E-state index is 2.79. The molecule has 2 aliphatic carbocycles. The monoisotopic (exact) mass is 618 g/mol. The van der Waals surface area contributed by atoms with E-state index >= 15 is 0 Å². The molecule has 0 atom stereocenters. The van der Waals surface area contributed by atoms with Gasteiger partial charge in [0.25, 0.3) is 0 Å².